The minimum Gasteiger partial charge on any atom is -0.399 e. The van der Waals surface area contributed by atoms with E-state index in [9.17, 15) is 4.79 Å². The number of fused-ring (bicyclic) bond motifs is 1. The number of amides is 1. The van der Waals surface area contributed by atoms with Crippen LogP contribution in [0.15, 0.2) is 18.2 Å². The van der Waals surface area contributed by atoms with Gasteiger partial charge in [-0.2, -0.15) is 0 Å². The minimum atomic E-state index is -0.622. The quantitative estimate of drug-likeness (QED) is 0.586. The highest BCUT2D eigenvalue weighted by molar-refractivity contribution is 5.82. The Morgan fingerprint density at radius 2 is 2.25 bits per heavy atom. The summed E-state index contributed by atoms with van der Waals surface area (Å²) in [5.41, 5.74) is 12.9. The number of carbonyl (C=O) groups excluding carboxylic acids is 1. The van der Waals surface area contributed by atoms with Gasteiger partial charge in [0.25, 0.3) is 0 Å². The number of benzene rings is 1. The lowest BCUT2D eigenvalue weighted by Crippen LogP contribution is -2.29. The van der Waals surface area contributed by atoms with Gasteiger partial charge < -0.3 is 21.6 Å². The highest BCUT2D eigenvalue weighted by Crippen LogP contribution is 2.18. The van der Waals surface area contributed by atoms with E-state index in [2.05, 4.69) is 10.3 Å². The third kappa shape index (κ3) is 1.58. The average molecular weight is 221 g/mol. The molecular formula is C9H11N5O2. The third-order valence-electron chi connectivity index (χ3n) is 2.04. The summed E-state index contributed by atoms with van der Waals surface area (Å²) in [7, 11) is 1.45. The van der Waals surface area contributed by atoms with E-state index in [1.807, 2.05) is 0 Å². The predicted molar refractivity (Wildman–Crippen MR) is 59.6 cm³/mol. The number of anilines is 2. The van der Waals surface area contributed by atoms with Crippen LogP contribution in [0.1, 0.15) is 0 Å². The maximum atomic E-state index is 11.1. The van der Waals surface area contributed by atoms with Crippen molar-refractivity contribution in [1.82, 2.24) is 15.0 Å². The van der Waals surface area contributed by atoms with E-state index in [0.717, 1.165) is 4.73 Å². The Kier molecular flexibility index (Phi) is 2.28. The number of hydrogen-bond donors (Lipinski definition) is 3. The fourth-order valence-electron chi connectivity index (χ4n) is 1.32. The molecule has 0 aliphatic heterocycles. The van der Waals surface area contributed by atoms with Crippen molar-refractivity contribution in [2.45, 2.75) is 0 Å². The molecule has 5 N–H and O–H groups in total. The van der Waals surface area contributed by atoms with Gasteiger partial charge in [-0.1, -0.05) is 0 Å². The van der Waals surface area contributed by atoms with Crippen molar-refractivity contribution in [2.24, 2.45) is 0 Å². The largest absolute Gasteiger partial charge is 0.431 e. The van der Waals surface area contributed by atoms with Crippen molar-refractivity contribution in [3.05, 3.63) is 18.2 Å². The standard InChI is InChI=1S/C9H11N5O2/c1-12-9(15)16-14-7-3-2-5(10)4-6(7)13-8(14)11/h2-4H,10H2,1H3,(H2,11,13)(H,12,15). The van der Waals surface area contributed by atoms with E-state index >= 15 is 0 Å². The normalized spacial score (nSPS) is 10.3. The molecule has 16 heavy (non-hydrogen) atoms. The molecule has 1 amide bonds. The monoisotopic (exact) mass is 221 g/mol. The summed E-state index contributed by atoms with van der Waals surface area (Å²) in [6.45, 7) is 0. The van der Waals surface area contributed by atoms with E-state index in [0.29, 0.717) is 16.7 Å². The second kappa shape index (κ2) is 3.61. The van der Waals surface area contributed by atoms with Gasteiger partial charge in [-0.3, -0.25) is 0 Å². The molecule has 0 spiro atoms. The number of nitrogens with two attached hydrogens (primary N) is 2. The number of nitrogens with zero attached hydrogens (tertiary/aromatic N) is 2. The molecule has 0 unspecified atom stereocenters. The van der Waals surface area contributed by atoms with Crippen LogP contribution in [0.25, 0.3) is 11.0 Å². The first-order chi connectivity index (χ1) is 7.61. The summed E-state index contributed by atoms with van der Waals surface area (Å²) < 4.78 is 1.15. The lowest BCUT2D eigenvalue weighted by molar-refractivity contribution is 0.142. The van der Waals surface area contributed by atoms with Crippen LogP contribution in [-0.4, -0.2) is 22.9 Å². The number of hydrogen-bond acceptors (Lipinski definition) is 5. The van der Waals surface area contributed by atoms with Crippen LogP contribution in [0, 0.1) is 0 Å². The Labute approximate surface area is 90.9 Å². The van der Waals surface area contributed by atoms with E-state index in [1.54, 1.807) is 18.2 Å². The number of rotatable bonds is 1. The predicted octanol–water partition coefficient (Wildman–Crippen LogP) is -0.0313. The molecule has 0 radical (unpaired) electrons. The zero-order valence-electron chi connectivity index (χ0n) is 8.60. The molecule has 0 bridgehead atoms. The third-order valence-corrected chi connectivity index (χ3v) is 2.04. The summed E-state index contributed by atoms with van der Waals surface area (Å²) in [6, 6.07) is 5.00. The van der Waals surface area contributed by atoms with Gasteiger partial charge in [-0.05, 0) is 18.2 Å². The first-order valence-electron chi connectivity index (χ1n) is 4.55. The molecular weight excluding hydrogens is 210 g/mol. The molecule has 0 aliphatic rings. The summed E-state index contributed by atoms with van der Waals surface area (Å²) in [6.07, 6.45) is -0.622. The molecule has 0 saturated carbocycles. The molecule has 0 atom stereocenters. The summed E-state index contributed by atoms with van der Waals surface area (Å²) >= 11 is 0. The zero-order chi connectivity index (χ0) is 11.7. The summed E-state index contributed by atoms with van der Waals surface area (Å²) in [5.74, 6) is 0.0872. The first kappa shape index (κ1) is 10.1. The zero-order valence-corrected chi connectivity index (χ0v) is 8.60. The molecule has 7 nitrogen and oxygen atoms in total. The van der Waals surface area contributed by atoms with E-state index < -0.39 is 6.09 Å². The fourth-order valence-corrected chi connectivity index (χ4v) is 1.32. The maximum absolute atomic E-state index is 11.1. The molecule has 0 saturated heterocycles. The highest BCUT2D eigenvalue weighted by atomic mass is 16.7. The van der Waals surface area contributed by atoms with Crippen LogP contribution in [0.3, 0.4) is 0 Å². The number of aromatic nitrogens is 2. The molecule has 1 aromatic carbocycles. The maximum Gasteiger partial charge on any atom is 0.431 e. The molecule has 7 heteroatoms. The van der Waals surface area contributed by atoms with Gasteiger partial charge in [0.2, 0.25) is 5.95 Å². The van der Waals surface area contributed by atoms with Crippen molar-refractivity contribution in [3.8, 4) is 0 Å². The van der Waals surface area contributed by atoms with Gasteiger partial charge in [0.1, 0.15) is 5.52 Å². The van der Waals surface area contributed by atoms with Crippen LogP contribution < -0.4 is 21.6 Å². The van der Waals surface area contributed by atoms with Gasteiger partial charge in [-0.15, -0.1) is 4.73 Å². The van der Waals surface area contributed by atoms with E-state index in [1.165, 1.54) is 7.05 Å². The van der Waals surface area contributed by atoms with Crippen LogP contribution in [0.5, 0.6) is 0 Å². The smallest absolute Gasteiger partial charge is 0.399 e. The Balaban J connectivity index is 2.52. The van der Waals surface area contributed by atoms with Gasteiger partial charge in [0.05, 0.1) is 5.52 Å². The van der Waals surface area contributed by atoms with Crippen LogP contribution in [0.4, 0.5) is 16.4 Å². The first-order valence-corrected chi connectivity index (χ1v) is 4.55. The van der Waals surface area contributed by atoms with E-state index in [-0.39, 0.29) is 5.95 Å². The molecule has 0 aliphatic carbocycles. The number of imidazole rings is 1. The molecule has 2 rings (SSSR count). The van der Waals surface area contributed by atoms with Crippen LogP contribution in [-0.2, 0) is 0 Å². The molecule has 84 valence electrons. The number of nitrogen functional groups attached to an aromatic ring is 2. The second-order valence-corrected chi connectivity index (χ2v) is 3.14. The highest BCUT2D eigenvalue weighted by Gasteiger charge is 2.11. The average Bonchev–Trinajstić information content (AvgIpc) is 2.54. The SMILES string of the molecule is CNC(=O)On1c(N)nc2cc(N)ccc21. The van der Waals surface area contributed by atoms with Gasteiger partial charge >= 0.3 is 6.09 Å². The Bertz CT molecular complexity index is 548. The van der Waals surface area contributed by atoms with Crippen molar-refractivity contribution < 1.29 is 9.63 Å². The molecule has 2 aromatic rings. The van der Waals surface area contributed by atoms with Crippen molar-refractivity contribution >= 4 is 28.8 Å². The second-order valence-electron chi connectivity index (χ2n) is 3.14. The van der Waals surface area contributed by atoms with Gasteiger partial charge in [0.15, 0.2) is 0 Å². The van der Waals surface area contributed by atoms with Crippen molar-refractivity contribution in [1.29, 1.82) is 0 Å². The summed E-state index contributed by atoms with van der Waals surface area (Å²) in [5, 5.41) is 2.32. The Morgan fingerprint density at radius 3 is 2.94 bits per heavy atom. The van der Waals surface area contributed by atoms with Gasteiger partial charge in [-0.25, -0.2) is 9.78 Å². The lowest BCUT2D eigenvalue weighted by Gasteiger charge is -2.05. The Hall–Kier alpha value is -2.44. The van der Waals surface area contributed by atoms with E-state index in [4.69, 9.17) is 16.3 Å². The van der Waals surface area contributed by atoms with Crippen molar-refractivity contribution in [2.75, 3.05) is 18.5 Å². The lowest BCUT2D eigenvalue weighted by atomic mass is 10.3. The fraction of sp³-hybridized carbons (Fsp3) is 0.111. The molecule has 1 heterocycles. The number of carbonyl (C=O) groups is 1. The topological polar surface area (TPSA) is 108 Å². The minimum absolute atomic E-state index is 0.0872. The summed E-state index contributed by atoms with van der Waals surface area (Å²) in [4.78, 5) is 20.0. The molecule has 1 aromatic heterocycles. The Morgan fingerprint density at radius 1 is 1.50 bits per heavy atom. The van der Waals surface area contributed by atoms with Crippen LogP contribution >= 0.6 is 0 Å². The van der Waals surface area contributed by atoms with Crippen LogP contribution in [0.2, 0.25) is 0 Å². The van der Waals surface area contributed by atoms with Crippen molar-refractivity contribution in [3.63, 3.8) is 0 Å². The molecule has 0 fully saturated rings. The van der Waals surface area contributed by atoms with Gasteiger partial charge in [0, 0.05) is 12.7 Å². The number of nitrogens with one attached hydrogen (secondary N) is 1.